The zero-order chi connectivity index (χ0) is 15.9. The minimum atomic E-state index is -3.69. The Hall–Kier alpha value is -1.71. The number of rotatable bonds is 8. The Morgan fingerprint density at radius 3 is 2.76 bits per heavy atom. The number of nitrogen functional groups attached to an aromatic ring is 1. The Labute approximate surface area is 124 Å². The minimum absolute atomic E-state index is 0.0277. The van der Waals surface area contributed by atoms with Gasteiger partial charge in [-0.3, -0.25) is 4.79 Å². The van der Waals surface area contributed by atoms with Crippen molar-refractivity contribution in [3.63, 3.8) is 0 Å². The fraction of sp³-hybridized carbons (Fsp3) is 0.500. The summed E-state index contributed by atoms with van der Waals surface area (Å²) in [6, 6.07) is 2.66. The van der Waals surface area contributed by atoms with Gasteiger partial charge in [0.15, 0.2) is 0 Å². The first kappa shape index (κ1) is 17.3. The van der Waals surface area contributed by atoms with Crippen LogP contribution in [0.3, 0.4) is 0 Å². The number of nitrogens with zero attached hydrogens (tertiary/aromatic N) is 1. The third-order valence-corrected chi connectivity index (χ3v) is 4.00. The van der Waals surface area contributed by atoms with Gasteiger partial charge in [-0.1, -0.05) is 13.8 Å². The lowest BCUT2D eigenvalue weighted by Gasteiger charge is -2.09. The molecule has 0 saturated heterocycles. The maximum Gasteiger partial charge on any atom is 0.240 e. The van der Waals surface area contributed by atoms with Crippen LogP contribution < -0.4 is 21.3 Å². The molecule has 0 aliphatic carbocycles. The molecule has 0 spiro atoms. The van der Waals surface area contributed by atoms with E-state index in [1.54, 1.807) is 0 Å². The van der Waals surface area contributed by atoms with E-state index in [0.29, 0.717) is 12.5 Å². The van der Waals surface area contributed by atoms with Gasteiger partial charge in [-0.05, 0) is 12.0 Å². The second-order valence-corrected chi connectivity index (χ2v) is 6.63. The standard InChI is InChI=1S/C12H21N5O3S/c1-9(2)8-15-12(18)4-6-16-21(19,20)10-3-5-14-11(7-10)17-13/h3,5,7,9,16H,4,6,8,13H2,1-2H3,(H,14,17)(H,15,18). The van der Waals surface area contributed by atoms with Gasteiger partial charge in [0.25, 0.3) is 0 Å². The maximum atomic E-state index is 12.0. The smallest absolute Gasteiger partial charge is 0.240 e. The van der Waals surface area contributed by atoms with Crippen LogP contribution in [0.4, 0.5) is 5.82 Å². The first-order valence-electron chi connectivity index (χ1n) is 6.54. The van der Waals surface area contributed by atoms with Crippen LogP contribution in [0.25, 0.3) is 0 Å². The van der Waals surface area contributed by atoms with Gasteiger partial charge in [0, 0.05) is 31.8 Å². The number of anilines is 1. The van der Waals surface area contributed by atoms with Crippen LogP contribution in [0.2, 0.25) is 0 Å². The average Bonchev–Trinajstić information content (AvgIpc) is 2.45. The van der Waals surface area contributed by atoms with Crippen molar-refractivity contribution in [1.82, 2.24) is 15.0 Å². The number of carbonyl (C=O) groups is 1. The molecule has 0 radical (unpaired) electrons. The first-order chi connectivity index (χ1) is 9.85. The molecule has 9 heteroatoms. The Balaban J connectivity index is 2.51. The number of nitrogens with two attached hydrogens (primary N) is 1. The molecule has 1 aromatic heterocycles. The van der Waals surface area contributed by atoms with E-state index >= 15 is 0 Å². The average molecular weight is 315 g/mol. The Kier molecular flexibility index (Phi) is 6.53. The number of hydrogen-bond donors (Lipinski definition) is 4. The number of aromatic nitrogens is 1. The third-order valence-electron chi connectivity index (χ3n) is 2.54. The van der Waals surface area contributed by atoms with Crippen molar-refractivity contribution in [3.05, 3.63) is 18.3 Å². The molecule has 1 amide bonds. The highest BCUT2D eigenvalue weighted by molar-refractivity contribution is 7.89. The van der Waals surface area contributed by atoms with Crippen LogP contribution in [-0.4, -0.2) is 32.4 Å². The highest BCUT2D eigenvalue weighted by Crippen LogP contribution is 2.11. The summed E-state index contributed by atoms with van der Waals surface area (Å²) >= 11 is 0. The van der Waals surface area contributed by atoms with Crippen LogP contribution in [0.15, 0.2) is 23.2 Å². The Bertz CT molecular complexity index is 574. The van der Waals surface area contributed by atoms with Gasteiger partial charge in [-0.25, -0.2) is 24.0 Å². The largest absolute Gasteiger partial charge is 0.356 e. The second kappa shape index (κ2) is 7.91. The van der Waals surface area contributed by atoms with Crippen molar-refractivity contribution in [2.75, 3.05) is 18.5 Å². The molecule has 0 unspecified atom stereocenters. The van der Waals surface area contributed by atoms with E-state index in [0.717, 1.165) is 0 Å². The number of carbonyl (C=O) groups excluding carboxylic acids is 1. The summed E-state index contributed by atoms with van der Waals surface area (Å²) in [5, 5.41) is 2.72. The van der Waals surface area contributed by atoms with Gasteiger partial charge in [0.05, 0.1) is 4.90 Å². The zero-order valence-corrected chi connectivity index (χ0v) is 12.9. The molecule has 1 rings (SSSR count). The number of nitrogens with one attached hydrogen (secondary N) is 3. The number of sulfonamides is 1. The van der Waals surface area contributed by atoms with Gasteiger partial charge < -0.3 is 10.7 Å². The van der Waals surface area contributed by atoms with Crippen LogP contribution in [0, 0.1) is 5.92 Å². The molecule has 5 N–H and O–H groups in total. The maximum absolute atomic E-state index is 12.0. The molecule has 8 nitrogen and oxygen atoms in total. The summed E-state index contributed by atoms with van der Waals surface area (Å²) in [7, 11) is -3.69. The molecule has 1 heterocycles. The van der Waals surface area contributed by atoms with E-state index < -0.39 is 10.0 Å². The van der Waals surface area contributed by atoms with Gasteiger partial charge in [0.2, 0.25) is 15.9 Å². The van der Waals surface area contributed by atoms with Crippen molar-refractivity contribution in [3.8, 4) is 0 Å². The molecule has 0 aliphatic rings. The lowest BCUT2D eigenvalue weighted by Crippen LogP contribution is -2.32. The highest BCUT2D eigenvalue weighted by atomic mass is 32.2. The summed E-state index contributed by atoms with van der Waals surface area (Å²) in [5.74, 6) is 5.58. The van der Waals surface area contributed by atoms with Crippen LogP contribution in [-0.2, 0) is 14.8 Å². The molecule has 1 aromatic rings. The van der Waals surface area contributed by atoms with E-state index in [-0.39, 0.29) is 29.6 Å². The molecular weight excluding hydrogens is 294 g/mol. The number of hydrogen-bond acceptors (Lipinski definition) is 6. The monoisotopic (exact) mass is 315 g/mol. The predicted molar refractivity (Wildman–Crippen MR) is 79.7 cm³/mol. The normalized spacial score (nSPS) is 11.4. The lowest BCUT2D eigenvalue weighted by atomic mass is 10.2. The van der Waals surface area contributed by atoms with Crippen LogP contribution >= 0.6 is 0 Å². The van der Waals surface area contributed by atoms with Gasteiger partial charge in [-0.2, -0.15) is 0 Å². The third kappa shape index (κ3) is 6.06. The van der Waals surface area contributed by atoms with Gasteiger partial charge in [0.1, 0.15) is 5.82 Å². The van der Waals surface area contributed by atoms with Gasteiger partial charge in [-0.15, -0.1) is 0 Å². The molecule has 0 atom stereocenters. The molecule has 0 aliphatic heterocycles. The molecule has 0 aromatic carbocycles. The van der Waals surface area contributed by atoms with E-state index in [9.17, 15) is 13.2 Å². The molecule has 21 heavy (non-hydrogen) atoms. The topological polar surface area (TPSA) is 126 Å². The summed E-state index contributed by atoms with van der Waals surface area (Å²) in [4.78, 5) is 15.4. The predicted octanol–water partition coefficient (Wildman–Crippen LogP) is -0.192. The van der Waals surface area contributed by atoms with Crippen molar-refractivity contribution < 1.29 is 13.2 Å². The van der Waals surface area contributed by atoms with E-state index in [2.05, 4.69) is 20.4 Å². The fourth-order valence-corrected chi connectivity index (χ4v) is 2.49. The molecule has 0 bridgehead atoms. The van der Waals surface area contributed by atoms with Crippen LogP contribution in [0.5, 0.6) is 0 Å². The van der Waals surface area contributed by atoms with Crippen LogP contribution in [0.1, 0.15) is 20.3 Å². The summed E-state index contributed by atoms with van der Waals surface area (Å²) < 4.78 is 26.4. The Morgan fingerprint density at radius 1 is 1.43 bits per heavy atom. The molecule has 118 valence electrons. The highest BCUT2D eigenvalue weighted by Gasteiger charge is 2.15. The summed E-state index contributed by atoms with van der Waals surface area (Å²) in [6.45, 7) is 4.56. The van der Waals surface area contributed by atoms with Gasteiger partial charge >= 0.3 is 0 Å². The van der Waals surface area contributed by atoms with Crippen molar-refractivity contribution in [1.29, 1.82) is 0 Å². The molecule has 0 fully saturated rings. The second-order valence-electron chi connectivity index (χ2n) is 4.87. The van der Waals surface area contributed by atoms with Crippen molar-refractivity contribution in [2.45, 2.75) is 25.2 Å². The zero-order valence-electron chi connectivity index (χ0n) is 12.1. The molecule has 0 saturated carbocycles. The van der Waals surface area contributed by atoms with E-state index in [1.807, 2.05) is 13.8 Å². The minimum Gasteiger partial charge on any atom is -0.356 e. The summed E-state index contributed by atoms with van der Waals surface area (Å²) in [5.41, 5.74) is 2.27. The van der Waals surface area contributed by atoms with Crippen molar-refractivity contribution in [2.24, 2.45) is 11.8 Å². The number of amides is 1. The summed E-state index contributed by atoms with van der Waals surface area (Å²) in [6.07, 6.45) is 1.41. The lowest BCUT2D eigenvalue weighted by molar-refractivity contribution is -0.121. The fourth-order valence-electron chi connectivity index (χ4n) is 1.45. The molecular formula is C12H21N5O3S. The Morgan fingerprint density at radius 2 is 2.14 bits per heavy atom. The number of pyridine rings is 1. The number of hydrazine groups is 1. The quantitative estimate of drug-likeness (QED) is 0.389. The SMILES string of the molecule is CC(C)CNC(=O)CCNS(=O)(=O)c1ccnc(NN)c1. The van der Waals surface area contributed by atoms with E-state index in [4.69, 9.17) is 5.84 Å². The van der Waals surface area contributed by atoms with Crippen molar-refractivity contribution >= 4 is 21.7 Å². The van der Waals surface area contributed by atoms with E-state index in [1.165, 1.54) is 18.3 Å². The first-order valence-corrected chi connectivity index (χ1v) is 8.02.